The van der Waals surface area contributed by atoms with Gasteiger partial charge in [0.05, 0.1) is 4.90 Å². The maximum atomic E-state index is 12.0. The number of amides is 1. The first-order valence-electron chi connectivity index (χ1n) is 6.95. The lowest BCUT2D eigenvalue weighted by atomic mass is 10.2. The minimum atomic E-state index is -3.49. The van der Waals surface area contributed by atoms with Gasteiger partial charge in [0.2, 0.25) is 10.0 Å². The minimum Gasteiger partial charge on any atom is -0.348 e. The van der Waals surface area contributed by atoms with Crippen LogP contribution in [-0.4, -0.2) is 20.9 Å². The molecule has 0 spiro atoms. The molecule has 0 aliphatic rings. The molecule has 0 unspecified atom stereocenters. The summed E-state index contributed by atoms with van der Waals surface area (Å²) in [4.78, 5) is 12.2. The molecule has 0 heterocycles. The Balaban J connectivity index is 2.02. The molecule has 22 heavy (non-hydrogen) atoms. The normalized spacial score (nSPS) is 11.1. The van der Waals surface area contributed by atoms with E-state index in [9.17, 15) is 13.2 Å². The maximum absolute atomic E-state index is 12.0. The van der Waals surface area contributed by atoms with Crippen LogP contribution in [0.15, 0.2) is 59.5 Å². The van der Waals surface area contributed by atoms with Crippen molar-refractivity contribution in [1.82, 2.24) is 10.0 Å². The Hall–Kier alpha value is -2.18. The average molecular weight is 318 g/mol. The van der Waals surface area contributed by atoms with Crippen molar-refractivity contribution >= 4 is 15.9 Å². The van der Waals surface area contributed by atoms with Crippen LogP contribution in [-0.2, 0) is 16.6 Å². The van der Waals surface area contributed by atoms with Crippen molar-refractivity contribution in [3.8, 4) is 0 Å². The van der Waals surface area contributed by atoms with Crippen LogP contribution in [0.2, 0.25) is 0 Å². The number of carbonyl (C=O) groups excluding carboxylic acids is 1. The zero-order valence-corrected chi connectivity index (χ0v) is 13.1. The molecule has 0 aromatic heterocycles. The third-order valence-corrected chi connectivity index (χ3v) is 4.62. The molecule has 116 valence electrons. The molecular weight excluding hydrogens is 300 g/mol. The first-order valence-corrected chi connectivity index (χ1v) is 8.43. The van der Waals surface area contributed by atoms with E-state index in [1.807, 2.05) is 30.3 Å². The summed E-state index contributed by atoms with van der Waals surface area (Å²) in [6.07, 6.45) is 0. The molecule has 6 heteroatoms. The fraction of sp³-hybridized carbons (Fsp3) is 0.188. The van der Waals surface area contributed by atoms with E-state index in [1.165, 1.54) is 24.3 Å². The average Bonchev–Trinajstić information content (AvgIpc) is 2.54. The van der Waals surface area contributed by atoms with Gasteiger partial charge >= 0.3 is 0 Å². The third-order valence-electron chi connectivity index (χ3n) is 3.06. The molecular formula is C16H18N2O3S. The van der Waals surface area contributed by atoms with Gasteiger partial charge < -0.3 is 5.32 Å². The molecule has 0 aliphatic carbocycles. The molecule has 0 atom stereocenters. The Morgan fingerprint density at radius 2 is 1.64 bits per heavy atom. The Morgan fingerprint density at radius 1 is 1.00 bits per heavy atom. The summed E-state index contributed by atoms with van der Waals surface area (Å²) < 4.78 is 26.0. The van der Waals surface area contributed by atoms with Gasteiger partial charge in [0.25, 0.3) is 5.91 Å². The van der Waals surface area contributed by atoms with E-state index in [-0.39, 0.29) is 10.8 Å². The number of rotatable bonds is 6. The van der Waals surface area contributed by atoms with E-state index < -0.39 is 10.0 Å². The highest BCUT2D eigenvalue weighted by Gasteiger charge is 2.13. The maximum Gasteiger partial charge on any atom is 0.251 e. The number of carbonyl (C=O) groups is 1. The highest BCUT2D eigenvalue weighted by atomic mass is 32.2. The molecule has 0 radical (unpaired) electrons. The monoisotopic (exact) mass is 318 g/mol. The first-order chi connectivity index (χ1) is 10.5. The van der Waals surface area contributed by atoms with Crippen LogP contribution in [0.4, 0.5) is 0 Å². The summed E-state index contributed by atoms with van der Waals surface area (Å²) in [6.45, 7) is 2.46. The molecule has 0 saturated carbocycles. The van der Waals surface area contributed by atoms with Gasteiger partial charge in [-0.25, -0.2) is 13.1 Å². The highest BCUT2D eigenvalue weighted by Crippen LogP contribution is 2.10. The van der Waals surface area contributed by atoms with Gasteiger partial charge in [0, 0.05) is 18.7 Å². The quantitative estimate of drug-likeness (QED) is 0.854. The van der Waals surface area contributed by atoms with E-state index >= 15 is 0 Å². The van der Waals surface area contributed by atoms with E-state index in [0.717, 1.165) is 5.56 Å². The van der Waals surface area contributed by atoms with Crippen molar-refractivity contribution in [2.24, 2.45) is 0 Å². The summed E-state index contributed by atoms with van der Waals surface area (Å²) in [5.41, 5.74) is 1.42. The zero-order chi connectivity index (χ0) is 16.0. The number of hydrogen-bond acceptors (Lipinski definition) is 3. The van der Waals surface area contributed by atoms with Crippen LogP contribution in [0.5, 0.6) is 0 Å². The predicted octanol–water partition coefficient (Wildman–Crippen LogP) is 1.91. The molecule has 0 saturated heterocycles. The number of nitrogens with one attached hydrogen (secondary N) is 2. The van der Waals surface area contributed by atoms with Crippen molar-refractivity contribution < 1.29 is 13.2 Å². The Morgan fingerprint density at radius 3 is 2.23 bits per heavy atom. The molecule has 0 aliphatic heterocycles. The summed E-state index contributed by atoms with van der Waals surface area (Å²) in [7, 11) is -3.49. The predicted molar refractivity (Wildman–Crippen MR) is 84.9 cm³/mol. The molecule has 5 nitrogen and oxygen atoms in total. The second kappa shape index (κ2) is 7.20. The van der Waals surface area contributed by atoms with Crippen LogP contribution in [0, 0.1) is 0 Å². The zero-order valence-electron chi connectivity index (χ0n) is 12.2. The van der Waals surface area contributed by atoms with Gasteiger partial charge in [0.1, 0.15) is 0 Å². The topological polar surface area (TPSA) is 75.3 Å². The largest absolute Gasteiger partial charge is 0.348 e. The Labute approximate surface area is 130 Å². The van der Waals surface area contributed by atoms with E-state index in [2.05, 4.69) is 10.0 Å². The van der Waals surface area contributed by atoms with Gasteiger partial charge in [-0.15, -0.1) is 0 Å². The summed E-state index contributed by atoms with van der Waals surface area (Å²) in [5, 5.41) is 2.79. The van der Waals surface area contributed by atoms with Crippen LogP contribution in [0.25, 0.3) is 0 Å². The molecule has 2 rings (SSSR count). The summed E-state index contributed by atoms with van der Waals surface area (Å²) in [6, 6.07) is 15.4. The fourth-order valence-electron chi connectivity index (χ4n) is 1.94. The minimum absolute atomic E-state index is 0.147. The van der Waals surface area contributed by atoms with Crippen molar-refractivity contribution in [3.63, 3.8) is 0 Å². The second-order valence-electron chi connectivity index (χ2n) is 4.69. The smallest absolute Gasteiger partial charge is 0.251 e. The van der Waals surface area contributed by atoms with Gasteiger partial charge in [-0.2, -0.15) is 0 Å². The number of sulfonamides is 1. The molecule has 1 amide bonds. The van der Waals surface area contributed by atoms with Crippen molar-refractivity contribution in [3.05, 3.63) is 65.7 Å². The summed E-state index contributed by atoms with van der Waals surface area (Å²) >= 11 is 0. The molecule has 0 fully saturated rings. The van der Waals surface area contributed by atoms with Crippen molar-refractivity contribution in [2.75, 3.05) is 6.54 Å². The van der Waals surface area contributed by atoms with E-state index in [4.69, 9.17) is 0 Å². The number of hydrogen-bond donors (Lipinski definition) is 2. The van der Waals surface area contributed by atoms with Crippen LogP contribution in [0.1, 0.15) is 22.8 Å². The Kier molecular flexibility index (Phi) is 5.30. The SMILES string of the molecule is CCNS(=O)(=O)c1ccc(C(=O)NCc2ccccc2)cc1. The van der Waals surface area contributed by atoms with E-state index in [0.29, 0.717) is 18.7 Å². The Bertz CT molecular complexity index is 726. The number of benzene rings is 2. The second-order valence-corrected chi connectivity index (χ2v) is 6.46. The molecule has 2 aromatic carbocycles. The van der Waals surface area contributed by atoms with Gasteiger partial charge in [-0.05, 0) is 29.8 Å². The lowest BCUT2D eigenvalue weighted by Crippen LogP contribution is -2.24. The lowest BCUT2D eigenvalue weighted by molar-refractivity contribution is 0.0951. The van der Waals surface area contributed by atoms with Crippen LogP contribution >= 0.6 is 0 Å². The van der Waals surface area contributed by atoms with Crippen molar-refractivity contribution in [1.29, 1.82) is 0 Å². The lowest BCUT2D eigenvalue weighted by Gasteiger charge is -2.07. The standard InChI is InChI=1S/C16H18N2O3S/c1-2-18-22(20,21)15-10-8-14(9-11-15)16(19)17-12-13-6-4-3-5-7-13/h3-11,18H,2,12H2,1H3,(H,17,19). The van der Waals surface area contributed by atoms with Gasteiger partial charge in [0.15, 0.2) is 0 Å². The van der Waals surface area contributed by atoms with E-state index in [1.54, 1.807) is 6.92 Å². The van der Waals surface area contributed by atoms with Gasteiger partial charge in [-0.3, -0.25) is 4.79 Å². The molecule has 2 aromatic rings. The summed E-state index contributed by atoms with van der Waals surface area (Å²) in [5.74, 6) is -0.240. The third kappa shape index (κ3) is 4.16. The van der Waals surface area contributed by atoms with Crippen LogP contribution < -0.4 is 10.0 Å². The van der Waals surface area contributed by atoms with Crippen LogP contribution in [0.3, 0.4) is 0 Å². The molecule has 0 bridgehead atoms. The highest BCUT2D eigenvalue weighted by molar-refractivity contribution is 7.89. The fourth-order valence-corrected chi connectivity index (χ4v) is 2.98. The molecule has 2 N–H and O–H groups in total. The first kappa shape index (κ1) is 16.2. The van der Waals surface area contributed by atoms with Crippen molar-refractivity contribution in [2.45, 2.75) is 18.4 Å². The van der Waals surface area contributed by atoms with Gasteiger partial charge in [-0.1, -0.05) is 37.3 Å².